The van der Waals surface area contributed by atoms with E-state index >= 15 is 0 Å². The van der Waals surface area contributed by atoms with Gasteiger partial charge in [-0.15, -0.1) is 0 Å². The summed E-state index contributed by atoms with van der Waals surface area (Å²) >= 11 is 2.27. The molecule has 0 nitrogen and oxygen atoms in total. The third kappa shape index (κ3) is 34.5. The molecule has 0 saturated heterocycles. The van der Waals surface area contributed by atoms with Crippen LogP contribution in [0.1, 0.15) is 233 Å². The molecule has 0 aliphatic carbocycles. The largest absolute Gasteiger partial charge is 0.156 e. The second kappa shape index (κ2) is 34.6. The molecule has 0 aromatic rings. The third-order valence-electron chi connectivity index (χ3n) is 8.89. The van der Waals surface area contributed by atoms with Crippen LogP contribution in [0.2, 0.25) is 0 Å². The molecule has 0 saturated carbocycles. The molecular formula is C38H78S. The van der Waals surface area contributed by atoms with Gasteiger partial charge >= 0.3 is 0 Å². The maximum atomic E-state index is 2.48. The van der Waals surface area contributed by atoms with Crippen molar-refractivity contribution >= 4 is 11.8 Å². The van der Waals surface area contributed by atoms with Crippen LogP contribution in [0.25, 0.3) is 0 Å². The van der Waals surface area contributed by atoms with Crippen LogP contribution in [0.5, 0.6) is 0 Å². The second-order valence-corrected chi connectivity index (χ2v) is 15.1. The fraction of sp³-hybridized carbons (Fsp3) is 1.00. The van der Waals surface area contributed by atoms with Gasteiger partial charge in [-0.25, -0.2) is 0 Å². The lowest BCUT2D eigenvalue weighted by Crippen LogP contribution is -2.05. The number of rotatable bonds is 34. The van der Waals surface area contributed by atoms with Gasteiger partial charge in [-0.3, -0.25) is 0 Å². The number of hydrogen-bond acceptors (Lipinski definition) is 1. The summed E-state index contributed by atoms with van der Waals surface area (Å²) in [4.78, 5) is 0. The normalized spacial score (nSPS) is 13.2. The van der Waals surface area contributed by atoms with E-state index in [9.17, 15) is 0 Å². The van der Waals surface area contributed by atoms with Crippen molar-refractivity contribution in [2.24, 2.45) is 0 Å². The van der Waals surface area contributed by atoms with E-state index < -0.39 is 0 Å². The topological polar surface area (TPSA) is 0 Å². The van der Waals surface area contributed by atoms with Gasteiger partial charge in [0.25, 0.3) is 0 Å². The predicted molar refractivity (Wildman–Crippen MR) is 186 cm³/mol. The monoisotopic (exact) mass is 567 g/mol. The zero-order chi connectivity index (χ0) is 28.5. The first-order valence-corrected chi connectivity index (χ1v) is 19.8. The fourth-order valence-corrected chi connectivity index (χ4v) is 7.54. The minimum Gasteiger partial charge on any atom is -0.156 e. The van der Waals surface area contributed by atoms with E-state index in [4.69, 9.17) is 0 Å². The Hall–Kier alpha value is 0.350. The minimum absolute atomic E-state index is 0.860. The number of unbranched alkanes of at least 4 members (excludes halogenated alkanes) is 28. The van der Waals surface area contributed by atoms with E-state index in [0.29, 0.717) is 0 Å². The molecule has 0 heterocycles. The average molecular weight is 567 g/mol. The zero-order valence-electron chi connectivity index (χ0n) is 28.2. The molecule has 0 aromatic carbocycles. The first kappa shape index (κ1) is 39.4. The maximum Gasteiger partial charge on any atom is 0.00213 e. The molecule has 0 radical (unpaired) electrons. The quantitative estimate of drug-likeness (QED) is 0.0698. The first-order valence-electron chi connectivity index (χ1n) is 18.9. The molecule has 0 aliphatic heterocycles. The van der Waals surface area contributed by atoms with Crippen LogP contribution in [0.3, 0.4) is 0 Å². The standard InChI is InChI=1S/C38H78S/c1-5-7-9-11-13-15-17-19-21-23-25-27-29-31-33-35-37(3)39-38(4)36-34-32-30-28-26-24-22-20-18-16-14-12-10-8-6-2/h37-38H,5-36H2,1-4H3. The van der Waals surface area contributed by atoms with Gasteiger partial charge < -0.3 is 0 Å². The Morgan fingerprint density at radius 2 is 0.462 bits per heavy atom. The molecule has 236 valence electrons. The highest BCUT2D eigenvalue weighted by Gasteiger charge is 2.09. The van der Waals surface area contributed by atoms with E-state index in [1.165, 1.54) is 205 Å². The SMILES string of the molecule is CCCCCCCCCCCCCCCCCC(C)SC(C)CCCCCCCCCCCCCCCCC. The van der Waals surface area contributed by atoms with E-state index in [0.717, 1.165) is 10.5 Å². The Bertz CT molecular complexity index is 381. The molecular weight excluding hydrogens is 488 g/mol. The Morgan fingerprint density at radius 3 is 0.667 bits per heavy atom. The van der Waals surface area contributed by atoms with Crippen LogP contribution in [0.4, 0.5) is 0 Å². The molecule has 1 heteroatoms. The predicted octanol–water partition coefficient (Wildman–Crippen LogP) is 15.0. The highest BCUT2D eigenvalue weighted by molar-refractivity contribution is 8.00. The minimum atomic E-state index is 0.860. The lowest BCUT2D eigenvalue weighted by Gasteiger charge is -2.17. The van der Waals surface area contributed by atoms with Crippen molar-refractivity contribution in [2.75, 3.05) is 0 Å². The van der Waals surface area contributed by atoms with Gasteiger partial charge in [-0.2, -0.15) is 11.8 Å². The van der Waals surface area contributed by atoms with Crippen molar-refractivity contribution in [2.45, 2.75) is 244 Å². The lowest BCUT2D eigenvalue weighted by atomic mass is 10.0. The van der Waals surface area contributed by atoms with E-state index in [1.54, 1.807) is 0 Å². The van der Waals surface area contributed by atoms with Crippen molar-refractivity contribution < 1.29 is 0 Å². The molecule has 0 spiro atoms. The molecule has 0 aliphatic rings. The van der Waals surface area contributed by atoms with E-state index in [1.807, 2.05) is 0 Å². The molecule has 39 heavy (non-hydrogen) atoms. The van der Waals surface area contributed by atoms with E-state index in [2.05, 4.69) is 39.5 Å². The van der Waals surface area contributed by atoms with Crippen molar-refractivity contribution in [3.63, 3.8) is 0 Å². The molecule has 0 bridgehead atoms. The summed E-state index contributed by atoms with van der Waals surface area (Å²) in [6.07, 6.45) is 46.9. The fourth-order valence-electron chi connectivity index (χ4n) is 6.14. The molecule has 0 aromatic heterocycles. The average Bonchev–Trinajstić information content (AvgIpc) is 2.93. The smallest absolute Gasteiger partial charge is 0.00213 e. The van der Waals surface area contributed by atoms with Gasteiger partial charge in [0.2, 0.25) is 0 Å². The molecule has 0 N–H and O–H groups in total. The first-order chi connectivity index (χ1) is 19.2. The number of hydrogen-bond donors (Lipinski definition) is 0. The Balaban J connectivity index is 3.26. The molecule has 0 rings (SSSR count). The summed E-state index contributed by atoms with van der Waals surface area (Å²) in [6, 6.07) is 0. The lowest BCUT2D eigenvalue weighted by molar-refractivity contribution is 0.528. The Morgan fingerprint density at radius 1 is 0.282 bits per heavy atom. The van der Waals surface area contributed by atoms with Crippen LogP contribution >= 0.6 is 11.8 Å². The van der Waals surface area contributed by atoms with Gasteiger partial charge in [0.15, 0.2) is 0 Å². The van der Waals surface area contributed by atoms with Gasteiger partial charge in [0, 0.05) is 10.5 Å². The summed E-state index contributed by atoms with van der Waals surface area (Å²) in [5, 5.41) is 1.72. The molecule has 2 unspecified atom stereocenters. The third-order valence-corrected chi connectivity index (χ3v) is 10.3. The van der Waals surface area contributed by atoms with Crippen LogP contribution in [0.15, 0.2) is 0 Å². The molecule has 0 fully saturated rings. The molecule has 0 amide bonds. The Labute approximate surface area is 254 Å². The van der Waals surface area contributed by atoms with Crippen molar-refractivity contribution in [1.82, 2.24) is 0 Å². The zero-order valence-corrected chi connectivity index (χ0v) is 29.0. The summed E-state index contributed by atoms with van der Waals surface area (Å²) in [6.45, 7) is 9.58. The molecule has 2 atom stereocenters. The van der Waals surface area contributed by atoms with E-state index in [-0.39, 0.29) is 0 Å². The summed E-state index contributed by atoms with van der Waals surface area (Å²) < 4.78 is 0. The van der Waals surface area contributed by atoms with Gasteiger partial charge in [0.1, 0.15) is 0 Å². The number of thioether (sulfide) groups is 1. The highest BCUT2D eigenvalue weighted by Crippen LogP contribution is 2.26. The van der Waals surface area contributed by atoms with Crippen LogP contribution in [-0.4, -0.2) is 10.5 Å². The van der Waals surface area contributed by atoms with Crippen molar-refractivity contribution in [3.8, 4) is 0 Å². The summed E-state index contributed by atoms with van der Waals surface area (Å²) in [5.41, 5.74) is 0. The highest BCUT2D eigenvalue weighted by atomic mass is 32.2. The Kier molecular flexibility index (Phi) is 34.9. The van der Waals surface area contributed by atoms with Crippen LogP contribution in [-0.2, 0) is 0 Å². The van der Waals surface area contributed by atoms with Gasteiger partial charge in [0.05, 0.1) is 0 Å². The maximum absolute atomic E-state index is 2.48. The van der Waals surface area contributed by atoms with Crippen molar-refractivity contribution in [3.05, 3.63) is 0 Å². The van der Waals surface area contributed by atoms with Gasteiger partial charge in [-0.05, 0) is 12.8 Å². The summed E-state index contributed by atoms with van der Waals surface area (Å²) in [5.74, 6) is 0. The van der Waals surface area contributed by atoms with Gasteiger partial charge in [-0.1, -0.05) is 220 Å². The van der Waals surface area contributed by atoms with Crippen LogP contribution in [0, 0.1) is 0 Å². The van der Waals surface area contributed by atoms with Crippen LogP contribution < -0.4 is 0 Å². The second-order valence-electron chi connectivity index (χ2n) is 13.2. The summed E-state index contributed by atoms with van der Waals surface area (Å²) in [7, 11) is 0. The van der Waals surface area contributed by atoms with Crippen molar-refractivity contribution in [1.29, 1.82) is 0 Å².